The number of aromatic nitrogens is 2. The molecule has 0 atom stereocenters. The van der Waals surface area contributed by atoms with Gasteiger partial charge in [-0.25, -0.2) is 14.7 Å². The van der Waals surface area contributed by atoms with Gasteiger partial charge in [-0.2, -0.15) is 10.4 Å². The summed E-state index contributed by atoms with van der Waals surface area (Å²) in [6.45, 7) is 6.96. The minimum absolute atomic E-state index is 0.367. The summed E-state index contributed by atoms with van der Waals surface area (Å²) in [6, 6.07) is 3.86. The molecule has 0 spiro atoms. The first-order valence-electron chi connectivity index (χ1n) is 6.11. The van der Waals surface area contributed by atoms with Crippen LogP contribution >= 0.6 is 10.0 Å². The average molecular weight is 271 g/mol. The van der Waals surface area contributed by atoms with Gasteiger partial charge in [0, 0.05) is 5.75 Å². The summed E-state index contributed by atoms with van der Waals surface area (Å²) < 4.78 is 7.13. The largest absolute Gasteiger partial charge is 0.358 e. The van der Waals surface area contributed by atoms with Gasteiger partial charge in [-0.15, -0.1) is 0 Å². The zero-order valence-electron chi connectivity index (χ0n) is 12.4. The zero-order chi connectivity index (χ0) is 14.2. The van der Waals surface area contributed by atoms with Crippen LogP contribution in [0.1, 0.15) is 25.2 Å². The van der Waals surface area contributed by atoms with E-state index in [0.29, 0.717) is 12.4 Å². The molecule has 1 heterocycles. The van der Waals surface area contributed by atoms with Crippen molar-refractivity contribution in [2.45, 2.75) is 27.5 Å². The highest BCUT2D eigenvalue weighted by molar-refractivity contribution is 8.32. The molecule has 0 unspecified atom stereocenters. The molecule has 1 aromatic heterocycles. The van der Waals surface area contributed by atoms with Crippen molar-refractivity contribution in [3.8, 4) is 6.07 Å². The van der Waals surface area contributed by atoms with Gasteiger partial charge in [-0.1, -0.05) is 13.8 Å². The summed E-state index contributed by atoms with van der Waals surface area (Å²) in [6.07, 6.45) is 6.78. The van der Waals surface area contributed by atoms with Crippen LogP contribution in [0.5, 0.6) is 0 Å². The fraction of sp³-hybridized carbons (Fsp3) is 0.692. The number of nitrogens with zero attached hydrogens (tertiary/aromatic N) is 3. The van der Waals surface area contributed by atoms with Crippen LogP contribution in [0, 0.1) is 18.3 Å². The highest BCUT2D eigenvalue weighted by atomic mass is 32.3. The maximum atomic E-state index is 8.86. The van der Waals surface area contributed by atoms with Crippen molar-refractivity contribution in [2.75, 3.05) is 31.1 Å². The van der Waals surface area contributed by atoms with Crippen molar-refractivity contribution in [2.24, 2.45) is 0 Å². The fourth-order valence-corrected chi connectivity index (χ4v) is 1.81. The summed E-state index contributed by atoms with van der Waals surface area (Å²) in [7, 11) is -0.509. The third-order valence-corrected chi connectivity index (χ3v) is 3.46. The van der Waals surface area contributed by atoms with Gasteiger partial charge in [-0.3, -0.25) is 0 Å². The summed E-state index contributed by atoms with van der Waals surface area (Å²) in [4.78, 5) is 0. The fourth-order valence-electron chi connectivity index (χ4n) is 1.19. The summed E-state index contributed by atoms with van der Waals surface area (Å²) >= 11 is 0. The SMILES string of the molecule is CC.Cc1cc(C#N)n(COCCS(C)(C)C)n1. The second kappa shape index (κ2) is 8.17. The number of hydrogen-bond donors (Lipinski definition) is 0. The molecule has 0 N–H and O–H groups in total. The number of ether oxygens (including phenoxy) is 1. The highest BCUT2D eigenvalue weighted by Gasteiger charge is 2.06. The van der Waals surface area contributed by atoms with Gasteiger partial charge in [0.2, 0.25) is 0 Å². The number of aryl methyl sites for hydroxylation is 1. The van der Waals surface area contributed by atoms with Crippen LogP contribution in [0.3, 0.4) is 0 Å². The monoisotopic (exact) mass is 271 g/mol. The Morgan fingerprint density at radius 1 is 1.39 bits per heavy atom. The summed E-state index contributed by atoms with van der Waals surface area (Å²) in [5, 5.41) is 13.0. The van der Waals surface area contributed by atoms with E-state index in [1.165, 1.54) is 0 Å². The Labute approximate surface area is 112 Å². The second-order valence-corrected chi connectivity index (χ2v) is 9.20. The molecule has 0 saturated heterocycles. The van der Waals surface area contributed by atoms with E-state index in [-0.39, 0.29) is 0 Å². The molecule has 0 aromatic carbocycles. The van der Waals surface area contributed by atoms with Gasteiger partial charge in [0.1, 0.15) is 18.5 Å². The van der Waals surface area contributed by atoms with Gasteiger partial charge >= 0.3 is 0 Å². The Hall–Kier alpha value is -0.990. The molecule has 5 heteroatoms. The molecule has 0 aliphatic heterocycles. The van der Waals surface area contributed by atoms with E-state index in [2.05, 4.69) is 29.9 Å². The zero-order valence-corrected chi connectivity index (χ0v) is 13.2. The molecule has 0 amide bonds. The Morgan fingerprint density at radius 3 is 2.50 bits per heavy atom. The minimum Gasteiger partial charge on any atom is -0.358 e. The number of rotatable bonds is 5. The van der Waals surface area contributed by atoms with Crippen LogP contribution in [0.2, 0.25) is 0 Å². The third kappa shape index (κ3) is 6.67. The maximum Gasteiger partial charge on any atom is 0.141 e. The van der Waals surface area contributed by atoms with Gasteiger partial charge < -0.3 is 4.74 Å². The van der Waals surface area contributed by atoms with Crippen molar-refractivity contribution < 1.29 is 4.74 Å². The molecule has 0 fully saturated rings. The lowest BCUT2D eigenvalue weighted by Gasteiger charge is -2.24. The highest BCUT2D eigenvalue weighted by Crippen LogP contribution is 2.33. The summed E-state index contributed by atoms with van der Waals surface area (Å²) in [5.74, 6) is 1.08. The molecule has 4 nitrogen and oxygen atoms in total. The molecule has 1 rings (SSSR count). The molecule has 0 bridgehead atoms. The van der Waals surface area contributed by atoms with Crippen molar-refractivity contribution in [3.63, 3.8) is 0 Å². The number of nitriles is 1. The van der Waals surface area contributed by atoms with E-state index in [1.54, 1.807) is 10.7 Å². The van der Waals surface area contributed by atoms with Gasteiger partial charge in [-0.05, 0) is 31.8 Å². The first kappa shape index (κ1) is 17.0. The van der Waals surface area contributed by atoms with E-state index in [9.17, 15) is 0 Å². The molecule has 1 aromatic rings. The molecule has 0 aliphatic carbocycles. The van der Waals surface area contributed by atoms with Crippen LogP contribution < -0.4 is 0 Å². The standard InChI is InChI=1S/C11H19N3OS.C2H6/c1-10-7-11(8-12)14(13-10)9-15-5-6-16(2,3)4;1-2/h7H,5-6,9H2,1-4H3;1-2H3. The average Bonchev–Trinajstić information content (AvgIpc) is 2.67. The summed E-state index contributed by atoms with van der Waals surface area (Å²) in [5.41, 5.74) is 1.40. The third-order valence-electron chi connectivity index (χ3n) is 2.07. The van der Waals surface area contributed by atoms with Crippen LogP contribution in [0.25, 0.3) is 0 Å². The van der Waals surface area contributed by atoms with Gasteiger partial charge in [0.15, 0.2) is 0 Å². The molecular weight excluding hydrogens is 246 g/mol. The van der Waals surface area contributed by atoms with Gasteiger partial charge in [0.25, 0.3) is 0 Å². The van der Waals surface area contributed by atoms with Crippen LogP contribution in [-0.4, -0.2) is 40.9 Å². The lowest BCUT2D eigenvalue weighted by molar-refractivity contribution is 0.0801. The Bertz CT molecular complexity index is 388. The molecule has 18 heavy (non-hydrogen) atoms. The van der Waals surface area contributed by atoms with E-state index in [4.69, 9.17) is 10.00 Å². The van der Waals surface area contributed by atoms with Crippen molar-refractivity contribution in [1.29, 1.82) is 5.26 Å². The number of hydrogen-bond acceptors (Lipinski definition) is 3. The van der Waals surface area contributed by atoms with E-state index < -0.39 is 10.0 Å². The van der Waals surface area contributed by atoms with E-state index >= 15 is 0 Å². The maximum absolute atomic E-state index is 8.86. The predicted molar refractivity (Wildman–Crippen MR) is 79.2 cm³/mol. The van der Waals surface area contributed by atoms with Crippen LogP contribution in [0.15, 0.2) is 6.07 Å². The predicted octanol–water partition coefficient (Wildman–Crippen LogP) is 2.76. The first-order chi connectivity index (χ1) is 8.42. The molecule has 0 saturated carbocycles. The topological polar surface area (TPSA) is 50.8 Å². The van der Waals surface area contributed by atoms with Crippen LogP contribution in [-0.2, 0) is 11.5 Å². The van der Waals surface area contributed by atoms with Crippen molar-refractivity contribution in [1.82, 2.24) is 9.78 Å². The quantitative estimate of drug-likeness (QED) is 0.774. The van der Waals surface area contributed by atoms with Crippen molar-refractivity contribution >= 4 is 10.0 Å². The molecule has 0 aliphatic rings. The normalized spacial score (nSPS) is 11.4. The Balaban J connectivity index is 0.00000137. The lowest BCUT2D eigenvalue weighted by Crippen LogP contribution is -2.11. The smallest absolute Gasteiger partial charge is 0.141 e. The minimum atomic E-state index is -0.509. The Kier molecular flexibility index (Phi) is 7.72. The molecule has 104 valence electrons. The molecular formula is C13H25N3OS. The second-order valence-electron chi connectivity index (χ2n) is 4.61. The van der Waals surface area contributed by atoms with E-state index in [1.807, 2.05) is 20.8 Å². The van der Waals surface area contributed by atoms with E-state index in [0.717, 1.165) is 18.1 Å². The molecule has 0 radical (unpaired) electrons. The Morgan fingerprint density at radius 2 is 2.00 bits per heavy atom. The van der Waals surface area contributed by atoms with Crippen molar-refractivity contribution in [3.05, 3.63) is 17.5 Å². The lowest BCUT2D eigenvalue weighted by atomic mass is 10.4. The van der Waals surface area contributed by atoms with Crippen LogP contribution in [0.4, 0.5) is 0 Å². The first-order valence-corrected chi connectivity index (χ1v) is 9.13. The van der Waals surface area contributed by atoms with Gasteiger partial charge in [0.05, 0.1) is 12.3 Å².